The summed E-state index contributed by atoms with van der Waals surface area (Å²) in [5.74, 6) is -0.180. The van der Waals surface area contributed by atoms with Gasteiger partial charge in [0.05, 0.1) is 30.1 Å². The van der Waals surface area contributed by atoms with Gasteiger partial charge in [0.25, 0.3) is 0 Å². The van der Waals surface area contributed by atoms with Crippen LogP contribution in [0.3, 0.4) is 0 Å². The molecular weight excluding hydrogens is 382 g/mol. The number of nitrogens with zero attached hydrogens (tertiary/aromatic N) is 2. The SMILES string of the molecule is CCOC(=O)N1CCC[C@@]2(C)[C@H](/C=C/c3ccc(N)cn3)[C@@H]3[C@@H](C)OC(=O)[C@@H]3C[C@H]12. The summed E-state index contributed by atoms with van der Waals surface area (Å²) in [6.07, 6.45) is 7.93. The van der Waals surface area contributed by atoms with E-state index in [2.05, 4.69) is 18.0 Å². The highest BCUT2D eigenvalue weighted by molar-refractivity contribution is 5.76. The smallest absolute Gasteiger partial charge is 0.410 e. The van der Waals surface area contributed by atoms with Crippen molar-refractivity contribution in [3.8, 4) is 0 Å². The number of esters is 1. The number of allylic oxidation sites excluding steroid dienone is 1. The standard InChI is InChI=1S/C23H31N3O4/c1-4-29-22(28)26-11-5-10-23(3)18(9-8-16-7-6-15(24)13-25-16)20-14(2)30-21(27)17(20)12-19(23)26/h6-9,13-14,17-20H,4-5,10-12,24H2,1-3H3/b9-8+/t14-,17-,18-,19+,20-,23+/m1/s1. The minimum absolute atomic E-state index is 0.0570. The largest absolute Gasteiger partial charge is 0.462 e. The number of hydrogen-bond acceptors (Lipinski definition) is 6. The van der Waals surface area contributed by atoms with Crippen LogP contribution in [0.2, 0.25) is 0 Å². The molecule has 4 rings (SSSR count). The Balaban J connectivity index is 1.71. The molecule has 1 saturated carbocycles. The van der Waals surface area contributed by atoms with Gasteiger partial charge in [-0.3, -0.25) is 9.78 Å². The van der Waals surface area contributed by atoms with E-state index < -0.39 is 0 Å². The number of hydrogen-bond donors (Lipinski definition) is 1. The first-order valence-corrected chi connectivity index (χ1v) is 10.9. The topological polar surface area (TPSA) is 94.8 Å². The van der Waals surface area contributed by atoms with Crippen molar-refractivity contribution in [2.45, 2.75) is 52.2 Å². The summed E-state index contributed by atoms with van der Waals surface area (Å²) in [7, 11) is 0. The molecule has 3 aliphatic rings. The number of amides is 1. The van der Waals surface area contributed by atoms with Crippen LogP contribution >= 0.6 is 0 Å². The monoisotopic (exact) mass is 413 g/mol. The number of cyclic esters (lactones) is 1. The Morgan fingerprint density at radius 2 is 2.27 bits per heavy atom. The maximum atomic E-state index is 12.7. The highest BCUT2D eigenvalue weighted by Gasteiger charge is 2.61. The van der Waals surface area contributed by atoms with E-state index in [9.17, 15) is 9.59 Å². The number of anilines is 1. The third kappa shape index (κ3) is 3.44. The second-order valence-corrected chi connectivity index (χ2v) is 8.98. The van der Waals surface area contributed by atoms with Crippen LogP contribution in [0.5, 0.6) is 0 Å². The molecule has 3 heterocycles. The third-order valence-electron chi connectivity index (χ3n) is 7.30. The Morgan fingerprint density at radius 3 is 2.97 bits per heavy atom. The van der Waals surface area contributed by atoms with Crippen molar-refractivity contribution < 1.29 is 19.1 Å². The molecule has 1 amide bonds. The number of nitrogens with two attached hydrogens (primary N) is 1. The average Bonchev–Trinajstić information content (AvgIpc) is 2.99. The molecule has 3 fully saturated rings. The Bertz CT molecular complexity index is 839. The summed E-state index contributed by atoms with van der Waals surface area (Å²) >= 11 is 0. The van der Waals surface area contributed by atoms with Gasteiger partial charge in [-0.15, -0.1) is 0 Å². The molecule has 2 saturated heterocycles. The van der Waals surface area contributed by atoms with Gasteiger partial charge in [-0.05, 0) is 62.7 Å². The number of piperidine rings is 1. The van der Waals surface area contributed by atoms with E-state index in [4.69, 9.17) is 15.2 Å². The Labute approximate surface area is 177 Å². The van der Waals surface area contributed by atoms with Gasteiger partial charge in [0.2, 0.25) is 0 Å². The number of carbonyl (C=O) groups excluding carboxylic acids is 2. The molecule has 1 aliphatic carbocycles. The molecular formula is C23H31N3O4. The normalized spacial score (nSPS) is 35.6. The number of likely N-dealkylation sites (tertiary alicyclic amines) is 1. The van der Waals surface area contributed by atoms with E-state index in [0.717, 1.165) is 18.5 Å². The molecule has 30 heavy (non-hydrogen) atoms. The van der Waals surface area contributed by atoms with E-state index >= 15 is 0 Å². The number of aromatic nitrogens is 1. The van der Waals surface area contributed by atoms with E-state index in [1.807, 2.05) is 37.0 Å². The van der Waals surface area contributed by atoms with Crippen molar-refractivity contribution in [1.82, 2.24) is 9.88 Å². The number of fused-ring (bicyclic) bond motifs is 2. The number of pyridine rings is 1. The van der Waals surface area contributed by atoms with Crippen LogP contribution in [0.15, 0.2) is 24.4 Å². The van der Waals surface area contributed by atoms with Crippen LogP contribution in [-0.2, 0) is 14.3 Å². The van der Waals surface area contributed by atoms with Crippen LogP contribution in [-0.4, -0.2) is 47.2 Å². The predicted octanol–water partition coefficient (Wildman–Crippen LogP) is 3.50. The average molecular weight is 414 g/mol. The third-order valence-corrected chi connectivity index (χ3v) is 7.30. The van der Waals surface area contributed by atoms with Gasteiger partial charge in [-0.2, -0.15) is 0 Å². The molecule has 0 unspecified atom stereocenters. The molecule has 6 atom stereocenters. The maximum absolute atomic E-state index is 12.7. The van der Waals surface area contributed by atoms with Gasteiger partial charge in [-0.25, -0.2) is 4.79 Å². The van der Waals surface area contributed by atoms with Crippen molar-refractivity contribution in [2.24, 2.45) is 23.2 Å². The minimum Gasteiger partial charge on any atom is -0.462 e. The quantitative estimate of drug-likeness (QED) is 0.762. The summed E-state index contributed by atoms with van der Waals surface area (Å²) in [6, 6.07) is 3.66. The van der Waals surface area contributed by atoms with Crippen molar-refractivity contribution in [3.63, 3.8) is 0 Å². The second-order valence-electron chi connectivity index (χ2n) is 8.98. The summed E-state index contributed by atoms with van der Waals surface area (Å²) in [6.45, 7) is 7.06. The predicted molar refractivity (Wildman–Crippen MR) is 113 cm³/mol. The Morgan fingerprint density at radius 1 is 1.47 bits per heavy atom. The first-order valence-electron chi connectivity index (χ1n) is 10.9. The van der Waals surface area contributed by atoms with Crippen molar-refractivity contribution >= 4 is 23.8 Å². The first-order chi connectivity index (χ1) is 14.3. The van der Waals surface area contributed by atoms with Crippen LogP contribution in [0.1, 0.15) is 45.7 Å². The summed E-state index contributed by atoms with van der Waals surface area (Å²) < 4.78 is 11.0. The summed E-state index contributed by atoms with van der Waals surface area (Å²) in [5, 5.41) is 0. The Hall–Kier alpha value is -2.57. The fourth-order valence-corrected chi connectivity index (χ4v) is 5.89. The van der Waals surface area contributed by atoms with Gasteiger partial charge in [-0.1, -0.05) is 13.0 Å². The minimum atomic E-state index is -0.283. The van der Waals surface area contributed by atoms with E-state index in [1.54, 1.807) is 6.20 Å². The molecule has 7 heteroatoms. The zero-order valence-electron chi connectivity index (χ0n) is 17.9. The fraction of sp³-hybridized carbons (Fsp3) is 0.609. The van der Waals surface area contributed by atoms with Gasteiger partial charge in [0.1, 0.15) is 6.10 Å². The summed E-state index contributed by atoms with van der Waals surface area (Å²) in [4.78, 5) is 31.6. The van der Waals surface area contributed by atoms with Crippen LogP contribution in [0, 0.1) is 23.2 Å². The lowest BCUT2D eigenvalue weighted by atomic mass is 9.53. The second kappa shape index (κ2) is 7.93. The lowest BCUT2D eigenvalue weighted by molar-refractivity contribution is -0.145. The lowest BCUT2D eigenvalue weighted by Crippen LogP contribution is -2.61. The zero-order valence-corrected chi connectivity index (χ0v) is 17.9. The van der Waals surface area contributed by atoms with Gasteiger partial charge >= 0.3 is 12.1 Å². The molecule has 162 valence electrons. The molecule has 0 spiro atoms. The molecule has 1 aromatic heterocycles. The zero-order chi connectivity index (χ0) is 21.5. The molecule has 0 aromatic carbocycles. The number of rotatable bonds is 3. The number of nitrogen functional groups attached to an aromatic ring is 1. The molecule has 2 N–H and O–H groups in total. The van der Waals surface area contributed by atoms with E-state index in [0.29, 0.717) is 25.3 Å². The Kier molecular flexibility index (Phi) is 5.47. The molecule has 7 nitrogen and oxygen atoms in total. The van der Waals surface area contributed by atoms with E-state index in [1.165, 1.54) is 0 Å². The van der Waals surface area contributed by atoms with Gasteiger partial charge in [0, 0.05) is 18.5 Å². The molecule has 0 radical (unpaired) electrons. The molecule has 0 bridgehead atoms. The highest BCUT2D eigenvalue weighted by Crippen LogP contribution is 2.57. The van der Waals surface area contributed by atoms with Crippen LogP contribution in [0.4, 0.5) is 10.5 Å². The van der Waals surface area contributed by atoms with Gasteiger partial charge in [0.15, 0.2) is 0 Å². The summed E-state index contributed by atoms with van der Waals surface area (Å²) in [5.41, 5.74) is 7.03. The number of carbonyl (C=O) groups is 2. The van der Waals surface area contributed by atoms with Crippen molar-refractivity contribution in [2.75, 3.05) is 18.9 Å². The van der Waals surface area contributed by atoms with Crippen molar-refractivity contribution in [1.29, 1.82) is 0 Å². The first kappa shape index (κ1) is 20.7. The lowest BCUT2D eigenvalue weighted by Gasteiger charge is -2.56. The van der Waals surface area contributed by atoms with Crippen LogP contribution in [0.25, 0.3) is 6.08 Å². The van der Waals surface area contributed by atoms with Crippen molar-refractivity contribution in [3.05, 3.63) is 30.1 Å². The van der Waals surface area contributed by atoms with Gasteiger partial charge < -0.3 is 20.1 Å². The number of ether oxygens (including phenoxy) is 2. The van der Waals surface area contributed by atoms with E-state index in [-0.39, 0.29) is 47.4 Å². The molecule has 2 aliphatic heterocycles. The maximum Gasteiger partial charge on any atom is 0.410 e. The fourth-order valence-electron chi connectivity index (χ4n) is 5.89. The van der Waals surface area contributed by atoms with Crippen LogP contribution < -0.4 is 5.73 Å². The molecule has 1 aromatic rings. The highest BCUT2D eigenvalue weighted by atomic mass is 16.6.